The maximum atomic E-state index is 9.83. The van der Waals surface area contributed by atoms with Gasteiger partial charge in [-0.1, -0.05) is 44.0 Å². The van der Waals surface area contributed by atoms with Gasteiger partial charge in [-0.3, -0.25) is 0 Å². The molecule has 0 aromatic heterocycles. The van der Waals surface area contributed by atoms with Gasteiger partial charge in [-0.05, 0) is 13.0 Å². The first-order valence-corrected chi connectivity index (χ1v) is 6.57. The van der Waals surface area contributed by atoms with Crippen LogP contribution >= 0.6 is 43.5 Å². The average molecular weight is 356 g/mol. The number of terminal acetylenes is 1. The molecule has 15 heavy (non-hydrogen) atoms. The van der Waals surface area contributed by atoms with Crippen LogP contribution in [0.25, 0.3) is 0 Å². The molecule has 4 heteroatoms. The summed E-state index contributed by atoms with van der Waals surface area (Å²) in [7, 11) is 0. The molecule has 0 aliphatic rings. The van der Waals surface area contributed by atoms with Crippen molar-refractivity contribution in [2.75, 3.05) is 0 Å². The summed E-state index contributed by atoms with van der Waals surface area (Å²) in [5, 5.41) is 9.37. The molecule has 0 spiro atoms. The highest BCUT2D eigenvalue weighted by Gasteiger charge is 2.25. The van der Waals surface area contributed by atoms with E-state index < -0.39 is 11.5 Å². The lowest BCUT2D eigenvalue weighted by Gasteiger charge is -2.20. The number of aliphatic hydroxyl groups excluding tert-OH is 1. The molecule has 0 bridgehead atoms. The van der Waals surface area contributed by atoms with Gasteiger partial charge < -0.3 is 5.11 Å². The molecule has 1 nitrogen and oxygen atoms in total. The van der Waals surface area contributed by atoms with E-state index in [1.54, 1.807) is 6.08 Å². The summed E-state index contributed by atoms with van der Waals surface area (Å²) in [5.41, 5.74) is 0. The van der Waals surface area contributed by atoms with Gasteiger partial charge in [0.1, 0.15) is 6.10 Å². The molecule has 84 valence electrons. The standard InChI is InChI=1S/C11H13Br2ClO/c1-3-5-7-9(13)11(15)10(14)8(12)6-4-2/h2-3,5,7-8,10-11,15H,6H2,1H3/b5-3-,9-7-/t8-,10+,11-/m1/s1. The zero-order valence-corrected chi connectivity index (χ0v) is 12.3. The third-order valence-corrected chi connectivity index (χ3v) is 4.16. The smallest absolute Gasteiger partial charge is 0.103 e. The number of rotatable bonds is 5. The Labute approximate surface area is 113 Å². The topological polar surface area (TPSA) is 20.2 Å². The second kappa shape index (κ2) is 8.41. The third-order valence-electron chi connectivity index (χ3n) is 1.69. The van der Waals surface area contributed by atoms with Crippen molar-refractivity contribution in [2.45, 2.75) is 29.7 Å². The summed E-state index contributed by atoms with van der Waals surface area (Å²) < 4.78 is 0.641. The monoisotopic (exact) mass is 354 g/mol. The van der Waals surface area contributed by atoms with Crippen LogP contribution in [0.3, 0.4) is 0 Å². The second-order valence-electron chi connectivity index (χ2n) is 2.89. The molecule has 0 aliphatic carbocycles. The molecule has 0 saturated carbocycles. The number of allylic oxidation sites excluding steroid dienone is 3. The summed E-state index contributed by atoms with van der Waals surface area (Å²) in [6.45, 7) is 1.90. The minimum atomic E-state index is -0.763. The highest BCUT2D eigenvalue weighted by Crippen LogP contribution is 2.25. The van der Waals surface area contributed by atoms with E-state index >= 15 is 0 Å². The van der Waals surface area contributed by atoms with Crippen LogP contribution in [0.4, 0.5) is 0 Å². The Hall–Kier alpha value is 0.250. The molecule has 0 amide bonds. The molecular weight excluding hydrogens is 343 g/mol. The molecule has 1 N–H and O–H groups in total. The number of halogens is 3. The minimum Gasteiger partial charge on any atom is -0.386 e. The Balaban J connectivity index is 4.43. The SMILES string of the molecule is C#CC[C@@H](Br)[C@H](Cl)[C@H](O)/C(Br)=C/C=C\C. The molecule has 3 atom stereocenters. The molecule has 0 unspecified atom stereocenters. The van der Waals surface area contributed by atoms with Crippen molar-refractivity contribution in [2.24, 2.45) is 0 Å². The van der Waals surface area contributed by atoms with E-state index in [0.717, 1.165) is 0 Å². The Morgan fingerprint density at radius 1 is 1.67 bits per heavy atom. The zero-order chi connectivity index (χ0) is 11.8. The lowest BCUT2D eigenvalue weighted by Crippen LogP contribution is -2.29. The van der Waals surface area contributed by atoms with Crippen LogP contribution in [0.15, 0.2) is 22.7 Å². The minimum absolute atomic E-state index is 0.106. The van der Waals surface area contributed by atoms with E-state index in [9.17, 15) is 5.11 Å². The zero-order valence-electron chi connectivity index (χ0n) is 8.33. The number of aliphatic hydroxyl groups is 1. The summed E-state index contributed by atoms with van der Waals surface area (Å²) in [4.78, 5) is -0.106. The first-order chi connectivity index (χ1) is 7.04. The van der Waals surface area contributed by atoms with Gasteiger partial charge in [0.05, 0.1) is 5.38 Å². The summed E-state index contributed by atoms with van der Waals surface area (Å²) in [6.07, 6.45) is 10.3. The van der Waals surface area contributed by atoms with E-state index in [0.29, 0.717) is 10.9 Å². The number of hydrogen-bond acceptors (Lipinski definition) is 1. The van der Waals surface area contributed by atoms with Crippen LogP contribution in [0, 0.1) is 12.3 Å². The molecule has 0 radical (unpaired) electrons. The summed E-state index contributed by atoms with van der Waals surface area (Å²) in [6, 6.07) is 0. The third kappa shape index (κ3) is 5.77. The van der Waals surface area contributed by atoms with Gasteiger partial charge in [-0.25, -0.2) is 0 Å². The lowest BCUT2D eigenvalue weighted by molar-refractivity contribution is 0.213. The average Bonchev–Trinajstić information content (AvgIpc) is 2.24. The van der Waals surface area contributed by atoms with Gasteiger partial charge in [0.25, 0.3) is 0 Å². The van der Waals surface area contributed by atoms with Crippen molar-refractivity contribution in [3.8, 4) is 12.3 Å². The molecule has 0 heterocycles. The van der Waals surface area contributed by atoms with E-state index in [4.69, 9.17) is 18.0 Å². The van der Waals surface area contributed by atoms with Gasteiger partial charge in [-0.2, -0.15) is 0 Å². The maximum Gasteiger partial charge on any atom is 0.103 e. The molecule has 0 aromatic carbocycles. The molecule has 0 aromatic rings. The van der Waals surface area contributed by atoms with Crippen LogP contribution in [0.1, 0.15) is 13.3 Å². The van der Waals surface area contributed by atoms with Gasteiger partial charge in [0.15, 0.2) is 0 Å². The summed E-state index contributed by atoms with van der Waals surface area (Å²) >= 11 is 12.7. The lowest BCUT2D eigenvalue weighted by atomic mass is 10.1. The van der Waals surface area contributed by atoms with Gasteiger partial charge >= 0.3 is 0 Å². The fourth-order valence-corrected chi connectivity index (χ4v) is 2.15. The van der Waals surface area contributed by atoms with Crippen LogP contribution < -0.4 is 0 Å². The van der Waals surface area contributed by atoms with Crippen LogP contribution in [-0.4, -0.2) is 21.4 Å². The van der Waals surface area contributed by atoms with Crippen molar-refractivity contribution in [1.82, 2.24) is 0 Å². The Bertz CT molecular complexity index is 281. The van der Waals surface area contributed by atoms with Gasteiger partial charge in [0, 0.05) is 15.7 Å². The molecule has 0 saturated heterocycles. The normalized spacial score (nSPS) is 18.5. The predicted molar refractivity (Wildman–Crippen MR) is 73.6 cm³/mol. The van der Waals surface area contributed by atoms with Crippen molar-refractivity contribution in [3.63, 3.8) is 0 Å². The Kier molecular flexibility index (Phi) is 8.55. The van der Waals surface area contributed by atoms with Crippen LogP contribution in [-0.2, 0) is 0 Å². The van der Waals surface area contributed by atoms with Crippen molar-refractivity contribution >= 4 is 43.5 Å². The highest BCUT2D eigenvalue weighted by molar-refractivity contribution is 9.11. The molecule has 0 fully saturated rings. The number of hydrogen-bond donors (Lipinski definition) is 1. The maximum absolute atomic E-state index is 9.83. The quantitative estimate of drug-likeness (QED) is 0.453. The fourth-order valence-electron chi connectivity index (χ4n) is 0.862. The van der Waals surface area contributed by atoms with Crippen molar-refractivity contribution < 1.29 is 5.11 Å². The van der Waals surface area contributed by atoms with Crippen molar-refractivity contribution in [1.29, 1.82) is 0 Å². The Morgan fingerprint density at radius 2 is 2.27 bits per heavy atom. The van der Waals surface area contributed by atoms with Crippen LogP contribution in [0.2, 0.25) is 0 Å². The highest BCUT2D eigenvalue weighted by atomic mass is 79.9. The number of alkyl halides is 2. The molecule has 0 aliphatic heterocycles. The molecule has 0 rings (SSSR count). The first-order valence-electron chi connectivity index (χ1n) is 4.42. The van der Waals surface area contributed by atoms with E-state index in [-0.39, 0.29) is 4.83 Å². The fraction of sp³-hybridized carbons (Fsp3) is 0.455. The van der Waals surface area contributed by atoms with Crippen LogP contribution in [0.5, 0.6) is 0 Å². The Morgan fingerprint density at radius 3 is 2.73 bits per heavy atom. The first kappa shape index (κ1) is 15.2. The van der Waals surface area contributed by atoms with E-state index in [1.165, 1.54) is 0 Å². The second-order valence-corrected chi connectivity index (χ2v) is 5.49. The molecular formula is C11H13Br2ClO. The largest absolute Gasteiger partial charge is 0.386 e. The van der Waals surface area contributed by atoms with Gasteiger partial charge in [0.2, 0.25) is 0 Å². The van der Waals surface area contributed by atoms with Crippen molar-refractivity contribution in [3.05, 3.63) is 22.7 Å². The summed E-state index contributed by atoms with van der Waals surface area (Å²) in [5.74, 6) is 2.49. The van der Waals surface area contributed by atoms with Gasteiger partial charge in [-0.15, -0.1) is 23.9 Å². The van der Waals surface area contributed by atoms with E-state index in [2.05, 4.69) is 37.8 Å². The van der Waals surface area contributed by atoms with E-state index in [1.807, 2.05) is 19.1 Å². The predicted octanol–water partition coefficient (Wildman–Crippen LogP) is 3.60.